The van der Waals surface area contributed by atoms with Gasteiger partial charge in [0, 0.05) is 17.1 Å². The van der Waals surface area contributed by atoms with Crippen LogP contribution in [-0.4, -0.2) is 38.1 Å². The summed E-state index contributed by atoms with van der Waals surface area (Å²) in [4.78, 5) is 38.1. The van der Waals surface area contributed by atoms with E-state index in [2.05, 4.69) is 28.1 Å². The number of phosphoric ester groups is 2. The molecule has 0 heterocycles. The summed E-state index contributed by atoms with van der Waals surface area (Å²) in [6.45, 7) is 8.05. The topological polar surface area (TPSA) is 177 Å². The van der Waals surface area contributed by atoms with E-state index < -0.39 is 33.9 Å². The number of carbonyl (C=O) groups is 3. The highest BCUT2D eigenvalue weighted by Crippen LogP contribution is 2.51. The van der Waals surface area contributed by atoms with Gasteiger partial charge >= 0.3 is 33.9 Å². The molecule has 312 valence electrons. The second-order valence-electron chi connectivity index (χ2n) is 13.4. The van der Waals surface area contributed by atoms with Crippen LogP contribution in [0.25, 0.3) is 0 Å². The zero-order valence-electron chi connectivity index (χ0n) is 33.4. The molecule has 0 saturated heterocycles. The first kappa shape index (κ1) is 45.7. The van der Waals surface area contributed by atoms with Crippen LogP contribution in [0.2, 0.25) is 0 Å². The van der Waals surface area contributed by atoms with Crippen molar-refractivity contribution in [3.8, 4) is 0 Å². The number of rotatable bonds is 22. The Bertz CT molecular complexity index is 1980. The second kappa shape index (κ2) is 23.4. The van der Waals surface area contributed by atoms with Gasteiger partial charge in [0.15, 0.2) is 0 Å². The lowest BCUT2D eigenvalue weighted by atomic mass is 10.0. The lowest BCUT2D eigenvalue weighted by molar-refractivity contribution is 0.128. The van der Waals surface area contributed by atoms with Gasteiger partial charge in [-0.1, -0.05) is 106 Å². The van der Waals surface area contributed by atoms with E-state index in [4.69, 9.17) is 27.1 Å². The molecule has 0 radical (unpaired) electrons. The largest absolute Gasteiger partial charge is 0.594 e. The molecule has 4 aromatic carbocycles. The van der Waals surface area contributed by atoms with Crippen LogP contribution in [0.5, 0.6) is 0 Å². The van der Waals surface area contributed by atoms with Crippen molar-refractivity contribution in [3.05, 3.63) is 125 Å². The van der Waals surface area contributed by atoms with Crippen molar-refractivity contribution < 1.29 is 50.7 Å². The Morgan fingerprint density at radius 3 is 1.03 bits per heavy atom. The molecule has 0 aliphatic heterocycles. The Morgan fingerprint density at radius 1 is 0.448 bits per heavy atom. The van der Waals surface area contributed by atoms with Gasteiger partial charge in [0.1, 0.15) is 0 Å². The van der Waals surface area contributed by atoms with E-state index in [-0.39, 0.29) is 19.8 Å². The maximum absolute atomic E-state index is 13.4. The van der Waals surface area contributed by atoms with Gasteiger partial charge in [-0.25, -0.2) is 23.5 Å². The monoisotopic (exact) mass is 837 g/mol. The number of aryl methyl sites for hydroxylation is 1. The molecule has 1 atom stereocenters. The van der Waals surface area contributed by atoms with Crippen molar-refractivity contribution in [1.82, 2.24) is 0 Å². The Hall–Kier alpha value is -4.97. The first-order chi connectivity index (χ1) is 27.9. The molecular weight excluding hydrogens is 784 g/mol. The summed E-state index contributed by atoms with van der Waals surface area (Å²) in [6, 6.07) is 29.1. The summed E-state index contributed by atoms with van der Waals surface area (Å²) in [5.74, 6) is 0. The second-order valence-corrected chi connectivity index (χ2v) is 16.5. The third-order valence-corrected chi connectivity index (χ3v) is 11.0. The van der Waals surface area contributed by atoms with Crippen LogP contribution in [0.4, 0.5) is 31.4 Å². The SMILES string of the molecule is CCCCOP(=O)(OCCCC)OC(=O)Nc1ccc(Cc2ccc(NC(=O)OP(=O)(OCCCC)OC(=O)Nc3ccc(Cc4ccc(C)cc4)cc3)cc2)cc1. The molecule has 0 aliphatic rings. The van der Waals surface area contributed by atoms with E-state index in [1.165, 1.54) is 5.56 Å². The van der Waals surface area contributed by atoms with E-state index in [0.29, 0.717) is 55.6 Å². The molecular formula is C42H53N3O11P2. The van der Waals surface area contributed by atoms with Crippen LogP contribution in [0.1, 0.15) is 87.1 Å². The van der Waals surface area contributed by atoms with Gasteiger partial charge < -0.3 is 13.6 Å². The number of hydrogen-bond acceptors (Lipinski definition) is 11. The molecule has 58 heavy (non-hydrogen) atoms. The molecule has 16 heteroatoms. The third-order valence-electron chi connectivity index (χ3n) is 8.36. The van der Waals surface area contributed by atoms with Crippen LogP contribution in [0, 0.1) is 6.92 Å². The number of phosphoric acid groups is 2. The molecule has 0 spiro atoms. The third kappa shape index (κ3) is 16.5. The number of amides is 3. The molecule has 4 rings (SSSR count). The van der Waals surface area contributed by atoms with Crippen LogP contribution in [-0.2, 0) is 49.1 Å². The first-order valence-electron chi connectivity index (χ1n) is 19.4. The fraction of sp³-hybridized carbons (Fsp3) is 0.357. The highest BCUT2D eigenvalue weighted by atomic mass is 31.2. The summed E-state index contributed by atoms with van der Waals surface area (Å²) in [7, 11) is -8.74. The van der Waals surface area contributed by atoms with Gasteiger partial charge in [-0.2, -0.15) is 0 Å². The van der Waals surface area contributed by atoms with Crippen molar-refractivity contribution in [2.75, 3.05) is 35.8 Å². The predicted molar refractivity (Wildman–Crippen MR) is 224 cm³/mol. The number of benzene rings is 4. The van der Waals surface area contributed by atoms with Gasteiger partial charge in [0.25, 0.3) is 0 Å². The lowest BCUT2D eigenvalue weighted by Gasteiger charge is -2.17. The Kier molecular flexibility index (Phi) is 18.5. The minimum absolute atomic E-state index is 0.0673. The number of unbranched alkanes of at least 4 members (excludes halogenated alkanes) is 3. The molecule has 3 amide bonds. The zero-order chi connectivity index (χ0) is 41.8. The molecule has 14 nitrogen and oxygen atoms in total. The van der Waals surface area contributed by atoms with Crippen molar-refractivity contribution in [2.24, 2.45) is 0 Å². The number of anilines is 3. The highest BCUT2D eigenvalue weighted by molar-refractivity contribution is 7.49. The number of nitrogens with one attached hydrogen (secondary N) is 3. The quantitative estimate of drug-likeness (QED) is 0.0507. The average Bonchev–Trinajstić information content (AvgIpc) is 3.18. The van der Waals surface area contributed by atoms with Crippen molar-refractivity contribution in [1.29, 1.82) is 0 Å². The molecule has 0 fully saturated rings. The van der Waals surface area contributed by atoms with Crippen molar-refractivity contribution in [2.45, 2.75) is 79.1 Å². The van der Waals surface area contributed by atoms with E-state index in [1.54, 1.807) is 48.5 Å². The molecule has 0 aliphatic carbocycles. The summed E-state index contributed by atoms with van der Waals surface area (Å²) in [6.07, 6.45) is 2.11. The minimum atomic E-state index is -4.67. The van der Waals surface area contributed by atoms with Gasteiger partial charge in [0.05, 0.1) is 19.8 Å². The maximum Gasteiger partial charge on any atom is 0.594 e. The zero-order valence-corrected chi connectivity index (χ0v) is 35.2. The van der Waals surface area contributed by atoms with Gasteiger partial charge in [-0.15, -0.1) is 0 Å². The predicted octanol–water partition coefficient (Wildman–Crippen LogP) is 12.2. The maximum atomic E-state index is 13.4. The molecule has 0 saturated carbocycles. The van der Waals surface area contributed by atoms with E-state index in [1.807, 2.05) is 64.1 Å². The molecule has 0 bridgehead atoms. The van der Waals surface area contributed by atoms with Crippen LogP contribution in [0.3, 0.4) is 0 Å². The van der Waals surface area contributed by atoms with Gasteiger partial charge in [-0.05, 0) is 97.7 Å². The number of carbonyl (C=O) groups excluding carboxylic acids is 3. The van der Waals surface area contributed by atoms with Crippen molar-refractivity contribution in [3.63, 3.8) is 0 Å². The fourth-order valence-electron chi connectivity index (χ4n) is 5.15. The van der Waals surface area contributed by atoms with Crippen LogP contribution >= 0.6 is 15.6 Å². The Labute approximate surface area is 340 Å². The Balaban J connectivity index is 1.27. The average molecular weight is 838 g/mol. The summed E-state index contributed by atoms with van der Waals surface area (Å²) >= 11 is 0. The standard InChI is InChI=1S/C42H53N3O11P2/c1-5-8-27-51-57(49,52-28-9-6-2)54-40(46)43-37-21-17-35(18-22-37)31-36-19-25-39(26-20-36)45-42(48)56-58(50,53-29-10-7-3)55-41(47)44-38-23-15-34(16-24-38)30-33-13-11-32(4)12-14-33/h11-26H,5-10,27-31H2,1-4H3,(H,43,46)(H,44,47)(H,45,48). The molecule has 1 unspecified atom stereocenters. The normalized spacial score (nSPS) is 12.2. The molecule has 0 aromatic heterocycles. The van der Waals surface area contributed by atoms with E-state index >= 15 is 0 Å². The Morgan fingerprint density at radius 2 is 0.724 bits per heavy atom. The summed E-state index contributed by atoms with van der Waals surface area (Å²) < 4.78 is 57.5. The molecule has 4 aromatic rings. The summed E-state index contributed by atoms with van der Waals surface area (Å²) in [5.41, 5.74) is 6.30. The number of hydrogen-bond donors (Lipinski definition) is 3. The minimum Gasteiger partial charge on any atom is -0.353 e. The molecule has 3 N–H and O–H groups in total. The van der Waals surface area contributed by atoms with E-state index in [0.717, 1.165) is 35.1 Å². The first-order valence-corrected chi connectivity index (χ1v) is 22.3. The lowest BCUT2D eigenvalue weighted by Crippen LogP contribution is -2.19. The van der Waals surface area contributed by atoms with Crippen LogP contribution in [0.15, 0.2) is 97.1 Å². The van der Waals surface area contributed by atoms with Crippen molar-refractivity contribution >= 4 is 51.0 Å². The van der Waals surface area contributed by atoms with Crippen LogP contribution < -0.4 is 16.0 Å². The fourth-order valence-corrected chi connectivity index (χ4v) is 7.27. The van der Waals surface area contributed by atoms with Gasteiger partial charge in [-0.3, -0.25) is 29.5 Å². The smallest absolute Gasteiger partial charge is 0.353 e. The summed E-state index contributed by atoms with van der Waals surface area (Å²) in [5, 5.41) is 7.54. The highest BCUT2D eigenvalue weighted by Gasteiger charge is 2.36. The van der Waals surface area contributed by atoms with Gasteiger partial charge in [0.2, 0.25) is 0 Å². The van der Waals surface area contributed by atoms with E-state index in [9.17, 15) is 23.5 Å².